The summed E-state index contributed by atoms with van der Waals surface area (Å²) < 4.78 is 0. The summed E-state index contributed by atoms with van der Waals surface area (Å²) in [6.07, 6.45) is 16.8. The number of aryl methyl sites for hydroxylation is 6. The van der Waals surface area contributed by atoms with E-state index in [2.05, 4.69) is 256 Å². The van der Waals surface area contributed by atoms with Crippen LogP contribution in [-0.2, 0) is 0 Å². The highest BCUT2D eigenvalue weighted by molar-refractivity contribution is 6.03. The van der Waals surface area contributed by atoms with Crippen molar-refractivity contribution in [2.75, 3.05) is 0 Å². The van der Waals surface area contributed by atoms with E-state index in [0.29, 0.717) is 5.92 Å². The van der Waals surface area contributed by atoms with Gasteiger partial charge in [0, 0.05) is 5.92 Å². The Morgan fingerprint density at radius 1 is 0.473 bits per heavy atom. The number of benzene rings is 8. The van der Waals surface area contributed by atoms with Crippen LogP contribution in [0.25, 0.3) is 55.3 Å². The van der Waals surface area contributed by atoms with Crippen LogP contribution in [0.4, 0.5) is 0 Å². The summed E-state index contributed by atoms with van der Waals surface area (Å²) in [6, 6.07) is 65.4. The molecular formula is C74H78. The van der Waals surface area contributed by atoms with E-state index in [-0.39, 0.29) is 0 Å². The van der Waals surface area contributed by atoms with Gasteiger partial charge in [0.05, 0.1) is 0 Å². The molecule has 0 heterocycles. The number of hydrogen-bond acceptors (Lipinski definition) is 0. The zero-order valence-corrected chi connectivity index (χ0v) is 46.0. The third kappa shape index (κ3) is 13.7. The third-order valence-corrected chi connectivity index (χ3v) is 14.6. The Hall–Kier alpha value is -7.54. The number of fused-ring (bicyclic) bond motifs is 1. The molecule has 0 bridgehead atoms. The molecule has 0 fully saturated rings. The van der Waals surface area contributed by atoms with Gasteiger partial charge in [0.2, 0.25) is 0 Å². The van der Waals surface area contributed by atoms with Gasteiger partial charge in [0.25, 0.3) is 0 Å². The molecule has 1 atom stereocenters. The normalized spacial score (nSPS) is 14.4. The van der Waals surface area contributed by atoms with Crippen LogP contribution in [0.3, 0.4) is 0 Å². The summed E-state index contributed by atoms with van der Waals surface area (Å²) in [5, 5.41) is 2.65. The van der Waals surface area contributed by atoms with Crippen molar-refractivity contribution in [2.45, 2.75) is 101 Å². The molecule has 0 heteroatoms. The summed E-state index contributed by atoms with van der Waals surface area (Å²) in [5.74, 6) is 0.671. The fourth-order valence-electron chi connectivity index (χ4n) is 10.2. The Bertz CT molecular complexity index is 3310. The zero-order chi connectivity index (χ0) is 52.6. The van der Waals surface area contributed by atoms with Gasteiger partial charge >= 0.3 is 0 Å². The van der Waals surface area contributed by atoms with Crippen molar-refractivity contribution < 1.29 is 0 Å². The van der Waals surface area contributed by atoms with Crippen LogP contribution in [0.15, 0.2) is 241 Å². The molecule has 0 N–H and O–H groups in total. The summed E-state index contributed by atoms with van der Waals surface area (Å²) in [5.41, 5.74) is 27.6. The quantitative estimate of drug-likeness (QED) is 0.133. The fourth-order valence-corrected chi connectivity index (χ4v) is 10.2. The topological polar surface area (TPSA) is 0 Å². The molecule has 0 aromatic heterocycles. The molecule has 3 aliphatic rings. The molecule has 0 aliphatic heterocycles. The minimum absolute atomic E-state index is 0.671. The first-order chi connectivity index (χ1) is 36.0. The SMILES string of the molecule is C=CCC1C(C)=C1C1=C(C)C(c2ccc(C)cc2)=CCC1.CC.Cc1ccc(-c2cc(-c3ccccc3C)c(C)c3ccccc23)cc1.Cc1ccc(-c2cccc(C3=CC=CCC3)c2)cc1.Cc1ccccc1. The lowest BCUT2D eigenvalue weighted by atomic mass is 9.85. The second kappa shape index (κ2) is 26.4. The first kappa shape index (κ1) is 54.2. The van der Waals surface area contributed by atoms with Gasteiger partial charge in [-0.05, 0) is 194 Å². The molecule has 374 valence electrons. The second-order valence-electron chi connectivity index (χ2n) is 19.9. The van der Waals surface area contributed by atoms with Gasteiger partial charge in [-0.2, -0.15) is 0 Å². The Balaban J connectivity index is 0.000000151. The van der Waals surface area contributed by atoms with Crippen LogP contribution in [-0.4, -0.2) is 0 Å². The summed E-state index contributed by atoms with van der Waals surface area (Å²) in [4.78, 5) is 0. The minimum Gasteiger partial charge on any atom is -0.103 e. The average Bonchev–Trinajstić information content (AvgIpc) is 4.08. The van der Waals surface area contributed by atoms with E-state index in [4.69, 9.17) is 0 Å². The molecule has 0 spiro atoms. The molecular weight excluding hydrogens is 889 g/mol. The van der Waals surface area contributed by atoms with Crippen molar-refractivity contribution in [2.24, 2.45) is 5.92 Å². The molecule has 11 rings (SSSR count). The fraction of sp³-hybridized carbons (Fsp3) is 0.216. The number of allylic oxidation sites excluding steroid dienone is 11. The van der Waals surface area contributed by atoms with Gasteiger partial charge in [0.1, 0.15) is 0 Å². The molecule has 0 amide bonds. The molecule has 74 heavy (non-hydrogen) atoms. The molecule has 0 saturated heterocycles. The van der Waals surface area contributed by atoms with E-state index in [1.54, 1.807) is 16.7 Å². The summed E-state index contributed by atoms with van der Waals surface area (Å²) in [6.45, 7) is 25.4. The molecule has 8 aromatic rings. The van der Waals surface area contributed by atoms with Gasteiger partial charge in [-0.1, -0.05) is 242 Å². The van der Waals surface area contributed by atoms with Crippen LogP contribution in [0.1, 0.15) is 104 Å². The molecule has 1 unspecified atom stereocenters. The van der Waals surface area contributed by atoms with Crippen LogP contribution in [0.2, 0.25) is 0 Å². The Kier molecular flexibility index (Phi) is 19.4. The van der Waals surface area contributed by atoms with E-state index in [0.717, 1.165) is 25.7 Å². The van der Waals surface area contributed by atoms with Crippen molar-refractivity contribution >= 4 is 21.9 Å². The lowest BCUT2D eigenvalue weighted by Gasteiger charge is -2.19. The Morgan fingerprint density at radius 2 is 1.04 bits per heavy atom. The molecule has 0 radical (unpaired) electrons. The van der Waals surface area contributed by atoms with Crippen molar-refractivity contribution in [3.63, 3.8) is 0 Å². The van der Waals surface area contributed by atoms with Crippen LogP contribution >= 0.6 is 0 Å². The van der Waals surface area contributed by atoms with Gasteiger partial charge in [-0.15, -0.1) is 6.58 Å². The van der Waals surface area contributed by atoms with Gasteiger partial charge in [0.15, 0.2) is 0 Å². The van der Waals surface area contributed by atoms with Gasteiger partial charge in [-0.25, -0.2) is 0 Å². The first-order valence-corrected chi connectivity index (χ1v) is 27.0. The minimum atomic E-state index is 0.671. The maximum absolute atomic E-state index is 3.89. The van der Waals surface area contributed by atoms with Gasteiger partial charge < -0.3 is 0 Å². The predicted molar refractivity (Wildman–Crippen MR) is 327 cm³/mol. The highest BCUT2D eigenvalue weighted by atomic mass is 14.4. The molecule has 8 aromatic carbocycles. The molecule has 0 nitrogen and oxygen atoms in total. The monoisotopic (exact) mass is 967 g/mol. The number of hydrogen-bond donors (Lipinski definition) is 0. The van der Waals surface area contributed by atoms with Crippen LogP contribution in [0, 0.1) is 47.5 Å². The summed E-state index contributed by atoms with van der Waals surface area (Å²) in [7, 11) is 0. The van der Waals surface area contributed by atoms with Crippen molar-refractivity contribution in [1.82, 2.24) is 0 Å². The standard InChI is InChI=1S/C25H22.C21H24.C19H18.C7H8.C2H6/c1-17-12-14-20(15-13-17)25-16-24(21-9-5-4-8-18(21)2)19(3)22-10-6-7-11-23(22)25;1-5-7-19-16(4)21(19)20-9-6-8-18(15(20)3)17-12-10-14(2)11-13-17;1-15-10-12-17(13-11-15)19-9-5-8-18(14-19)16-6-3-2-4-7-16;1-7-5-3-2-4-6-7;1-2/h4-16H,1-3H3;5,8,10-13,19H,1,6-7,9H2,2-4H3;2-3,5-6,8-14H,4,7H2,1H3;2-6H,1H3;1-2H3. The lowest BCUT2D eigenvalue weighted by molar-refractivity contribution is 0.856. The van der Waals surface area contributed by atoms with E-state index >= 15 is 0 Å². The van der Waals surface area contributed by atoms with Crippen molar-refractivity contribution in [1.29, 1.82) is 0 Å². The van der Waals surface area contributed by atoms with E-state index in [1.807, 2.05) is 32.0 Å². The highest BCUT2D eigenvalue weighted by Gasteiger charge is 2.35. The summed E-state index contributed by atoms with van der Waals surface area (Å²) >= 11 is 0. The lowest BCUT2D eigenvalue weighted by Crippen LogP contribution is -1.99. The largest absolute Gasteiger partial charge is 0.103 e. The maximum Gasteiger partial charge on any atom is 0.00884 e. The Labute approximate surface area is 446 Å². The average molecular weight is 967 g/mol. The van der Waals surface area contributed by atoms with Gasteiger partial charge in [-0.3, -0.25) is 0 Å². The first-order valence-electron chi connectivity index (χ1n) is 27.0. The van der Waals surface area contributed by atoms with Crippen LogP contribution in [0.5, 0.6) is 0 Å². The second-order valence-corrected chi connectivity index (χ2v) is 19.9. The zero-order valence-electron chi connectivity index (χ0n) is 46.0. The highest BCUT2D eigenvalue weighted by Crippen LogP contribution is 2.51. The molecule has 3 aliphatic carbocycles. The smallest absolute Gasteiger partial charge is 0.00884 e. The maximum atomic E-state index is 3.89. The van der Waals surface area contributed by atoms with Crippen molar-refractivity contribution in [3.8, 4) is 33.4 Å². The van der Waals surface area contributed by atoms with E-state index < -0.39 is 0 Å². The third-order valence-electron chi connectivity index (χ3n) is 14.6. The van der Waals surface area contributed by atoms with E-state index in [9.17, 15) is 0 Å². The Morgan fingerprint density at radius 3 is 1.64 bits per heavy atom. The number of rotatable bonds is 8. The van der Waals surface area contributed by atoms with Crippen LogP contribution < -0.4 is 0 Å². The molecule has 0 saturated carbocycles. The predicted octanol–water partition coefficient (Wildman–Crippen LogP) is 21.5. The van der Waals surface area contributed by atoms with Crippen molar-refractivity contribution in [3.05, 3.63) is 286 Å². The van der Waals surface area contributed by atoms with E-state index in [1.165, 1.54) is 112 Å².